The Morgan fingerprint density at radius 3 is 2.57 bits per heavy atom. The van der Waals surface area contributed by atoms with Crippen LogP contribution in [0, 0.1) is 5.41 Å². The minimum atomic E-state index is -0.750. The molecule has 2 aromatic rings. The van der Waals surface area contributed by atoms with Gasteiger partial charge in [0.25, 0.3) is 5.91 Å². The molecular weight excluding hydrogens is 358 g/mol. The number of fused-ring (bicyclic) bond motifs is 1. The number of carbonyl (C=O) groups is 2. The van der Waals surface area contributed by atoms with Gasteiger partial charge in [-0.2, -0.15) is 5.10 Å². The van der Waals surface area contributed by atoms with E-state index in [9.17, 15) is 9.59 Å². The summed E-state index contributed by atoms with van der Waals surface area (Å²) in [5.41, 5.74) is 0.699. The number of hydrogen-bond acceptors (Lipinski definition) is 5. The third kappa shape index (κ3) is 5.30. The van der Waals surface area contributed by atoms with Gasteiger partial charge < -0.3 is 21.1 Å². The molecule has 28 heavy (non-hydrogen) atoms. The third-order valence-electron chi connectivity index (χ3n) is 4.48. The normalized spacial score (nSPS) is 12.8. The van der Waals surface area contributed by atoms with Gasteiger partial charge in [-0.1, -0.05) is 39.0 Å². The van der Waals surface area contributed by atoms with E-state index >= 15 is 0 Å². The highest BCUT2D eigenvalue weighted by Crippen LogP contribution is 2.22. The molecule has 0 aliphatic heterocycles. The van der Waals surface area contributed by atoms with Crippen molar-refractivity contribution in [3.8, 4) is 0 Å². The molecule has 1 heterocycles. The van der Waals surface area contributed by atoms with Crippen molar-refractivity contribution in [2.45, 2.75) is 39.8 Å². The van der Waals surface area contributed by atoms with E-state index in [1.165, 1.54) is 0 Å². The fraction of sp³-hybridized carbons (Fsp3) is 0.550. The van der Waals surface area contributed by atoms with Gasteiger partial charge in [-0.3, -0.25) is 14.3 Å². The fourth-order valence-electron chi connectivity index (χ4n) is 3.03. The van der Waals surface area contributed by atoms with Crippen LogP contribution in [0.1, 0.15) is 37.7 Å². The van der Waals surface area contributed by atoms with E-state index in [1.807, 2.05) is 56.8 Å². The molecule has 0 bridgehead atoms. The Morgan fingerprint density at radius 2 is 1.93 bits per heavy atom. The minimum absolute atomic E-state index is 0.143. The number of para-hydroxylation sites is 1. The zero-order chi connectivity index (χ0) is 20.7. The van der Waals surface area contributed by atoms with Crippen LogP contribution in [0.25, 0.3) is 10.9 Å². The summed E-state index contributed by atoms with van der Waals surface area (Å²) in [5, 5.41) is 22.8. The summed E-state index contributed by atoms with van der Waals surface area (Å²) in [5.74, 6) is -0.713. The van der Waals surface area contributed by atoms with Crippen LogP contribution in [-0.2, 0) is 11.3 Å². The molecule has 0 aliphatic rings. The fourth-order valence-corrected chi connectivity index (χ4v) is 3.03. The molecule has 1 atom stereocenters. The first kappa shape index (κ1) is 21.8. The van der Waals surface area contributed by atoms with Crippen molar-refractivity contribution in [2.75, 3.05) is 26.7 Å². The lowest BCUT2D eigenvalue weighted by atomic mass is 9.86. The third-order valence-corrected chi connectivity index (χ3v) is 4.48. The Kier molecular flexibility index (Phi) is 7.53. The average molecular weight is 390 g/mol. The number of carbonyl (C=O) groups excluding carboxylic acids is 2. The number of aliphatic hydroxyl groups is 1. The molecule has 2 rings (SSSR count). The first-order valence-electron chi connectivity index (χ1n) is 9.59. The molecule has 1 aromatic heterocycles. The number of benzene rings is 1. The van der Waals surface area contributed by atoms with Crippen LogP contribution in [0.5, 0.6) is 0 Å². The number of nitrogens with zero attached hydrogens (tertiary/aromatic N) is 2. The number of nitrogens with one attached hydrogen (secondary N) is 3. The van der Waals surface area contributed by atoms with E-state index in [0.29, 0.717) is 12.2 Å². The number of amides is 2. The number of rotatable bonds is 9. The molecule has 8 nitrogen and oxygen atoms in total. The predicted octanol–water partition coefficient (Wildman–Crippen LogP) is 0.899. The summed E-state index contributed by atoms with van der Waals surface area (Å²) in [6.07, 6.45) is 0.886. The van der Waals surface area contributed by atoms with Crippen LogP contribution in [0.15, 0.2) is 24.3 Å². The zero-order valence-corrected chi connectivity index (χ0v) is 17.1. The van der Waals surface area contributed by atoms with Gasteiger partial charge in [0.15, 0.2) is 5.69 Å². The highest BCUT2D eigenvalue weighted by atomic mass is 16.3. The van der Waals surface area contributed by atoms with Crippen LogP contribution >= 0.6 is 0 Å². The lowest BCUT2D eigenvalue weighted by molar-refractivity contribution is -0.125. The molecule has 154 valence electrons. The van der Waals surface area contributed by atoms with Crippen molar-refractivity contribution in [3.63, 3.8) is 0 Å². The first-order chi connectivity index (χ1) is 13.3. The van der Waals surface area contributed by atoms with Gasteiger partial charge in [0.1, 0.15) is 6.04 Å². The highest BCUT2D eigenvalue weighted by molar-refractivity contribution is 6.06. The first-order valence-corrected chi connectivity index (χ1v) is 9.59. The molecule has 0 spiro atoms. The average Bonchev–Trinajstić information content (AvgIpc) is 3.02. The summed E-state index contributed by atoms with van der Waals surface area (Å²) in [6.45, 7) is 7.17. The molecule has 1 aromatic carbocycles. The van der Waals surface area contributed by atoms with Crippen LogP contribution < -0.4 is 16.0 Å². The van der Waals surface area contributed by atoms with E-state index in [-0.39, 0.29) is 25.0 Å². The number of aryl methyl sites for hydroxylation is 1. The summed E-state index contributed by atoms with van der Waals surface area (Å²) < 4.78 is 1.83. The van der Waals surface area contributed by atoms with Gasteiger partial charge in [0, 0.05) is 18.5 Å². The van der Waals surface area contributed by atoms with Gasteiger partial charge in [0.2, 0.25) is 5.91 Å². The van der Waals surface area contributed by atoms with E-state index in [4.69, 9.17) is 5.11 Å². The van der Waals surface area contributed by atoms with Crippen molar-refractivity contribution in [2.24, 2.45) is 5.41 Å². The Balaban J connectivity index is 2.29. The Labute approximate surface area is 165 Å². The standard InChI is InChI=1S/C20H31N5O3/c1-20(2,3)17(19(28)22-11-13-26)23-18(27)16-14-8-5-6-9-15(14)25(24-16)12-7-10-21-4/h5-6,8-9,17,21,26H,7,10-13H2,1-4H3,(H,22,28)(H,23,27). The van der Waals surface area contributed by atoms with Crippen LogP contribution in [0.4, 0.5) is 0 Å². The molecule has 0 fully saturated rings. The summed E-state index contributed by atoms with van der Waals surface area (Å²) in [6, 6.07) is 6.84. The lowest BCUT2D eigenvalue weighted by Gasteiger charge is -2.30. The topological polar surface area (TPSA) is 108 Å². The van der Waals surface area contributed by atoms with Crippen molar-refractivity contribution in [1.82, 2.24) is 25.7 Å². The maximum absolute atomic E-state index is 13.0. The smallest absolute Gasteiger partial charge is 0.273 e. The molecule has 2 amide bonds. The Bertz CT molecular complexity index is 810. The summed E-state index contributed by atoms with van der Waals surface area (Å²) in [7, 11) is 1.90. The van der Waals surface area contributed by atoms with Gasteiger partial charge in [-0.05, 0) is 31.5 Å². The number of hydrogen-bond donors (Lipinski definition) is 4. The van der Waals surface area contributed by atoms with E-state index < -0.39 is 11.5 Å². The van der Waals surface area contributed by atoms with Gasteiger partial charge in [-0.15, -0.1) is 0 Å². The predicted molar refractivity (Wildman–Crippen MR) is 109 cm³/mol. The van der Waals surface area contributed by atoms with Gasteiger partial charge in [0.05, 0.1) is 12.1 Å². The Morgan fingerprint density at radius 1 is 1.21 bits per heavy atom. The lowest BCUT2D eigenvalue weighted by Crippen LogP contribution is -2.54. The molecule has 0 aliphatic carbocycles. The molecule has 0 radical (unpaired) electrons. The molecular formula is C20H31N5O3. The SMILES string of the molecule is CNCCCn1nc(C(=O)NC(C(=O)NCCO)C(C)(C)C)c2ccccc21. The number of aliphatic hydroxyl groups excluding tert-OH is 1. The minimum Gasteiger partial charge on any atom is -0.395 e. The molecule has 4 N–H and O–H groups in total. The van der Waals surface area contributed by atoms with Crippen molar-refractivity contribution in [1.29, 1.82) is 0 Å². The summed E-state index contributed by atoms with van der Waals surface area (Å²) >= 11 is 0. The Hall–Kier alpha value is -2.45. The second-order valence-corrected chi connectivity index (χ2v) is 7.83. The van der Waals surface area contributed by atoms with E-state index in [2.05, 4.69) is 21.0 Å². The summed E-state index contributed by atoms with van der Waals surface area (Å²) in [4.78, 5) is 25.5. The highest BCUT2D eigenvalue weighted by Gasteiger charge is 2.33. The van der Waals surface area contributed by atoms with Crippen LogP contribution in [-0.4, -0.2) is 59.5 Å². The van der Waals surface area contributed by atoms with E-state index in [1.54, 1.807) is 0 Å². The van der Waals surface area contributed by atoms with Crippen molar-refractivity contribution in [3.05, 3.63) is 30.0 Å². The van der Waals surface area contributed by atoms with Gasteiger partial charge >= 0.3 is 0 Å². The maximum Gasteiger partial charge on any atom is 0.273 e. The monoisotopic (exact) mass is 389 g/mol. The molecule has 0 saturated heterocycles. The van der Waals surface area contributed by atoms with Gasteiger partial charge in [-0.25, -0.2) is 0 Å². The number of aromatic nitrogens is 2. The molecule has 8 heteroatoms. The quantitative estimate of drug-likeness (QED) is 0.477. The maximum atomic E-state index is 13.0. The largest absolute Gasteiger partial charge is 0.395 e. The van der Waals surface area contributed by atoms with Crippen LogP contribution in [0.3, 0.4) is 0 Å². The van der Waals surface area contributed by atoms with Crippen LogP contribution in [0.2, 0.25) is 0 Å². The second kappa shape index (κ2) is 9.66. The second-order valence-electron chi connectivity index (χ2n) is 7.83. The molecule has 0 saturated carbocycles. The van der Waals surface area contributed by atoms with E-state index in [0.717, 1.165) is 23.9 Å². The van der Waals surface area contributed by atoms with Crippen molar-refractivity contribution >= 4 is 22.7 Å². The van der Waals surface area contributed by atoms with Crippen molar-refractivity contribution < 1.29 is 14.7 Å². The molecule has 1 unspecified atom stereocenters. The zero-order valence-electron chi connectivity index (χ0n) is 17.1.